The summed E-state index contributed by atoms with van der Waals surface area (Å²) in [5.41, 5.74) is 0. The lowest BCUT2D eigenvalue weighted by atomic mass is 10.3. The number of amides is 2. The zero-order valence-corrected chi connectivity index (χ0v) is 12.0. The number of nitrogens with zero attached hydrogens (tertiary/aromatic N) is 2. The maximum absolute atomic E-state index is 12.1. The Bertz CT molecular complexity index is 525. The van der Waals surface area contributed by atoms with E-state index < -0.39 is 0 Å². The van der Waals surface area contributed by atoms with Crippen LogP contribution >= 0.6 is 11.3 Å². The molecule has 2 amide bonds. The topological polar surface area (TPSA) is 60.9 Å². The van der Waals surface area contributed by atoms with E-state index >= 15 is 0 Å². The van der Waals surface area contributed by atoms with Gasteiger partial charge in [-0.1, -0.05) is 11.8 Å². The summed E-state index contributed by atoms with van der Waals surface area (Å²) in [7, 11) is 4.88. The molecular formula is C13H16N2O3S. The number of likely N-dealkylation sites (N-methyl/N-ethyl adjacent to an activating group) is 2. The molecule has 1 heterocycles. The number of rotatable bonds is 3. The highest BCUT2D eigenvalue weighted by Gasteiger charge is 2.17. The van der Waals surface area contributed by atoms with Crippen molar-refractivity contribution < 1.29 is 14.7 Å². The van der Waals surface area contributed by atoms with Crippen LogP contribution in [-0.2, 0) is 4.79 Å². The van der Waals surface area contributed by atoms with Crippen molar-refractivity contribution in [2.45, 2.75) is 0 Å². The Kier molecular flexibility index (Phi) is 5.55. The minimum atomic E-state index is -0.211. The number of carbonyl (C=O) groups is 2. The summed E-state index contributed by atoms with van der Waals surface area (Å²) in [6.07, 6.45) is 0. The summed E-state index contributed by atoms with van der Waals surface area (Å²) < 4.78 is 0. The second kappa shape index (κ2) is 6.92. The van der Waals surface area contributed by atoms with Gasteiger partial charge in [-0.3, -0.25) is 9.59 Å². The predicted molar refractivity (Wildman–Crippen MR) is 73.9 cm³/mol. The lowest BCUT2D eigenvalue weighted by molar-refractivity contribution is -0.129. The summed E-state index contributed by atoms with van der Waals surface area (Å²) in [6, 6.07) is 3.40. The number of hydrogen-bond acceptors (Lipinski definition) is 4. The van der Waals surface area contributed by atoms with Crippen molar-refractivity contribution in [1.29, 1.82) is 0 Å². The van der Waals surface area contributed by atoms with Gasteiger partial charge in [0.2, 0.25) is 5.91 Å². The number of hydrogen-bond donors (Lipinski definition) is 1. The second-order valence-corrected chi connectivity index (χ2v) is 5.16. The molecule has 0 aliphatic carbocycles. The number of thiophene rings is 1. The van der Waals surface area contributed by atoms with Gasteiger partial charge in [-0.05, 0) is 12.1 Å². The van der Waals surface area contributed by atoms with Crippen molar-refractivity contribution in [3.05, 3.63) is 21.9 Å². The fraction of sp³-hybridized carbons (Fsp3) is 0.385. The van der Waals surface area contributed by atoms with Crippen LogP contribution in [0.15, 0.2) is 12.1 Å². The predicted octanol–water partition coefficient (Wildman–Crippen LogP) is 0.252. The minimum absolute atomic E-state index is 0.0430. The second-order valence-electron chi connectivity index (χ2n) is 4.07. The summed E-state index contributed by atoms with van der Waals surface area (Å²) in [4.78, 5) is 27.6. The first kappa shape index (κ1) is 15.2. The maximum atomic E-state index is 12.1. The van der Waals surface area contributed by atoms with Gasteiger partial charge in [0.15, 0.2) is 0 Å². The fourth-order valence-electron chi connectivity index (χ4n) is 1.25. The van der Waals surface area contributed by atoms with Crippen molar-refractivity contribution in [2.75, 3.05) is 34.3 Å². The Labute approximate surface area is 116 Å². The average Bonchev–Trinajstić information content (AvgIpc) is 2.83. The third-order valence-corrected chi connectivity index (χ3v) is 3.31. The Morgan fingerprint density at radius 2 is 2.00 bits per heavy atom. The molecule has 0 aromatic carbocycles. The molecule has 0 atom stereocenters. The summed E-state index contributed by atoms with van der Waals surface area (Å²) >= 11 is 1.24. The fourth-order valence-corrected chi connectivity index (χ4v) is 2.13. The smallest absolute Gasteiger partial charge is 0.264 e. The molecule has 0 radical (unpaired) electrons. The van der Waals surface area contributed by atoms with E-state index in [1.165, 1.54) is 21.1 Å². The SMILES string of the molecule is CN(C)C(=O)CN(C)C(=O)c1ccc(C#CCO)s1. The van der Waals surface area contributed by atoms with Crippen molar-refractivity contribution in [3.8, 4) is 11.8 Å². The lowest BCUT2D eigenvalue weighted by Crippen LogP contribution is -2.37. The molecule has 102 valence electrons. The Hall–Kier alpha value is -1.84. The highest BCUT2D eigenvalue weighted by molar-refractivity contribution is 7.14. The van der Waals surface area contributed by atoms with Crippen LogP contribution in [0.5, 0.6) is 0 Å². The zero-order valence-electron chi connectivity index (χ0n) is 11.1. The third kappa shape index (κ3) is 4.39. The summed E-state index contributed by atoms with van der Waals surface area (Å²) in [5, 5.41) is 8.60. The molecule has 0 saturated carbocycles. The highest BCUT2D eigenvalue weighted by atomic mass is 32.1. The lowest BCUT2D eigenvalue weighted by Gasteiger charge is -2.18. The van der Waals surface area contributed by atoms with Crippen molar-refractivity contribution >= 4 is 23.2 Å². The number of aliphatic hydroxyl groups excluding tert-OH is 1. The molecule has 0 spiro atoms. The third-order valence-electron chi connectivity index (χ3n) is 2.33. The largest absolute Gasteiger partial charge is 0.384 e. The molecule has 0 fully saturated rings. The molecular weight excluding hydrogens is 264 g/mol. The molecule has 1 rings (SSSR count). The highest BCUT2D eigenvalue weighted by Crippen LogP contribution is 2.17. The Morgan fingerprint density at radius 3 is 2.58 bits per heavy atom. The van der Waals surface area contributed by atoms with E-state index in [-0.39, 0.29) is 25.0 Å². The van der Waals surface area contributed by atoms with Crippen LogP contribution in [-0.4, -0.2) is 61.0 Å². The Balaban J connectivity index is 2.72. The molecule has 0 saturated heterocycles. The molecule has 1 aromatic heterocycles. The number of aliphatic hydroxyl groups is 1. The van der Waals surface area contributed by atoms with Gasteiger partial charge in [-0.25, -0.2) is 0 Å². The van der Waals surface area contributed by atoms with Crippen molar-refractivity contribution in [3.63, 3.8) is 0 Å². The van der Waals surface area contributed by atoms with Gasteiger partial charge in [0.1, 0.15) is 6.61 Å². The van der Waals surface area contributed by atoms with E-state index in [9.17, 15) is 9.59 Å². The average molecular weight is 280 g/mol. The van der Waals surface area contributed by atoms with E-state index in [2.05, 4.69) is 11.8 Å². The molecule has 6 heteroatoms. The minimum Gasteiger partial charge on any atom is -0.384 e. The van der Waals surface area contributed by atoms with Gasteiger partial charge in [-0.15, -0.1) is 11.3 Å². The molecule has 0 bridgehead atoms. The Morgan fingerprint density at radius 1 is 1.32 bits per heavy atom. The molecule has 5 nitrogen and oxygen atoms in total. The van der Waals surface area contributed by atoms with Gasteiger partial charge in [-0.2, -0.15) is 0 Å². The molecule has 1 N–H and O–H groups in total. The van der Waals surface area contributed by atoms with Gasteiger partial charge in [0.05, 0.1) is 16.3 Å². The molecule has 1 aromatic rings. The van der Waals surface area contributed by atoms with E-state index in [4.69, 9.17) is 5.11 Å². The van der Waals surface area contributed by atoms with Crippen molar-refractivity contribution in [2.24, 2.45) is 0 Å². The van der Waals surface area contributed by atoms with Gasteiger partial charge < -0.3 is 14.9 Å². The van der Waals surface area contributed by atoms with Crippen LogP contribution in [0, 0.1) is 11.8 Å². The maximum Gasteiger partial charge on any atom is 0.264 e. The zero-order chi connectivity index (χ0) is 14.4. The van der Waals surface area contributed by atoms with Gasteiger partial charge >= 0.3 is 0 Å². The standard InChI is InChI=1S/C13H16N2O3S/c1-14(2)12(17)9-15(3)13(18)11-7-6-10(19-11)5-4-8-16/h6-7,16H,8-9H2,1-3H3. The van der Waals surface area contributed by atoms with Crippen molar-refractivity contribution in [1.82, 2.24) is 9.80 Å². The van der Waals surface area contributed by atoms with Crippen LogP contribution in [0.2, 0.25) is 0 Å². The quantitative estimate of drug-likeness (QED) is 0.808. The molecule has 19 heavy (non-hydrogen) atoms. The molecule has 0 aliphatic heterocycles. The van der Waals surface area contributed by atoms with Gasteiger partial charge in [0, 0.05) is 21.1 Å². The monoisotopic (exact) mass is 280 g/mol. The number of carbonyl (C=O) groups excluding carboxylic acids is 2. The summed E-state index contributed by atoms with van der Waals surface area (Å²) in [5.74, 6) is 4.92. The van der Waals surface area contributed by atoms with Crippen LogP contribution in [0.4, 0.5) is 0 Å². The normalized spacial score (nSPS) is 9.47. The van der Waals surface area contributed by atoms with Crippen LogP contribution < -0.4 is 0 Å². The summed E-state index contributed by atoms with van der Waals surface area (Å²) in [6.45, 7) is -0.167. The molecule has 0 unspecified atom stereocenters. The van der Waals surface area contributed by atoms with Gasteiger partial charge in [0.25, 0.3) is 5.91 Å². The molecule has 0 aliphatic rings. The van der Waals surface area contributed by atoms with Crippen LogP contribution in [0.1, 0.15) is 14.5 Å². The first-order valence-corrected chi connectivity index (χ1v) is 6.42. The van der Waals surface area contributed by atoms with E-state index in [0.717, 1.165) is 0 Å². The van der Waals surface area contributed by atoms with E-state index in [0.29, 0.717) is 9.75 Å². The first-order chi connectivity index (χ1) is 8.95. The van der Waals surface area contributed by atoms with E-state index in [1.54, 1.807) is 33.3 Å². The first-order valence-electron chi connectivity index (χ1n) is 5.61. The van der Waals surface area contributed by atoms with Crippen LogP contribution in [0.3, 0.4) is 0 Å². The van der Waals surface area contributed by atoms with E-state index in [1.807, 2.05) is 0 Å². The van der Waals surface area contributed by atoms with Crippen LogP contribution in [0.25, 0.3) is 0 Å².